The fourth-order valence-electron chi connectivity index (χ4n) is 3.30. The minimum absolute atomic E-state index is 0.0122. The molecule has 1 aliphatic rings. The van der Waals surface area contributed by atoms with Crippen LogP contribution in [-0.2, 0) is 4.74 Å². The Labute approximate surface area is 125 Å². The van der Waals surface area contributed by atoms with Crippen molar-refractivity contribution in [3.8, 4) is 0 Å². The molecule has 0 saturated carbocycles. The van der Waals surface area contributed by atoms with Crippen LogP contribution in [0.2, 0.25) is 0 Å². The molecule has 2 N–H and O–H groups in total. The van der Waals surface area contributed by atoms with E-state index in [4.69, 9.17) is 10.5 Å². The molecule has 4 nitrogen and oxygen atoms in total. The average molecular weight is 285 g/mol. The third-order valence-corrected chi connectivity index (χ3v) is 4.83. The largest absolute Gasteiger partial charge is 0.375 e. The highest BCUT2D eigenvalue weighted by Gasteiger charge is 2.44. The van der Waals surface area contributed by atoms with Crippen molar-refractivity contribution in [1.29, 1.82) is 0 Å². The van der Waals surface area contributed by atoms with E-state index in [1.54, 1.807) is 0 Å². The van der Waals surface area contributed by atoms with Crippen LogP contribution in [0.25, 0.3) is 0 Å². The van der Waals surface area contributed by atoms with Crippen molar-refractivity contribution in [3.63, 3.8) is 0 Å². The summed E-state index contributed by atoms with van der Waals surface area (Å²) in [5.41, 5.74) is 6.35. The molecule has 0 aromatic heterocycles. The lowest BCUT2D eigenvalue weighted by molar-refractivity contribution is -0.129. The fourth-order valence-corrected chi connectivity index (χ4v) is 3.30. The molecule has 1 heterocycles. The van der Waals surface area contributed by atoms with Crippen molar-refractivity contribution in [3.05, 3.63) is 0 Å². The van der Waals surface area contributed by atoms with Gasteiger partial charge in [-0.25, -0.2) is 0 Å². The fraction of sp³-hybridized carbons (Fsp3) is 1.00. The zero-order valence-electron chi connectivity index (χ0n) is 14.2. The van der Waals surface area contributed by atoms with Crippen LogP contribution >= 0.6 is 0 Å². The van der Waals surface area contributed by atoms with E-state index in [0.29, 0.717) is 0 Å². The number of nitrogens with zero attached hydrogens (tertiary/aromatic N) is 2. The Balaban J connectivity index is 2.85. The first-order valence-electron chi connectivity index (χ1n) is 8.15. The van der Waals surface area contributed by atoms with Crippen LogP contribution < -0.4 is 5.73 Å². The molecule has 1 saturated heterocycles. The summed E-state index contributed by atoms with van der Waals surface area (Å²) in [6, 6.07) is 0. The number of nitrogens with two attached hydrogens (primary N) is 1. The minimum Gasteiger partial charge on any atom is -0.375 e. The van der Waals surface area contributed by atoms with Crippen molar-refractivity contribution >= 4 is 0 Å². The van der Waals surface area contributed by atoms with E-state index in [2.05, 4.69) is 44.7 Å². The topological polar surface area (TPSA) is 41.7 Å². The zero-order valence-corrected chi connectivity index (χ0v) is 14.2. The van der Waals surface area contributed by atoms with Gasteiger partial charge in [-0.3, -0.25) is 4.90 Å². The molecule has 2 atom stereocenters. The summed E-state index contributed by atoms with van der Waals surface area (Å²) in [5, 5.41) is 0. The third kappa shape index (κ3) is 4.42. The summed E-state index contributed by atoms with van der Waals surface area (Å²) in [4.78, 5) is 4.88. The van der Waals surface area contributed by atoms with Gasteiger partial charge in [-0.2, -0.15) is 0 Å². The number of ether oxygens (including phenoxy) is 1. The van der Waals surface area contributed by atoms with Crippen molar-refractivity contribution in [2.24, 2.45) is 5.73 Å². The SMILES string of the molecule is CCCN(CCN(C)C)C1(CN)CCOC(C)(CC)C1. The van der Waals surface area contributed by atoms with E-state index in [-0.39, 0.29) is 11.1 Å². The van der Waals surface area contributed by atoms with Gasteiger partial charge in [0, 0.05) is 31.8 Å². The van der Waals surface area contributed by atoms with Crippen LogP contribution in [0.1, 0.15) is 46.5 Å². The minimum atomic E-state index is -0.0122. The predicted octanol–water partition coefficient (Wildman–Crippen LogP) is 1.94. The van der Waals surface area contributed by atoms with Crippen LogP contribution in [0.3, 0.4) is 0 Å². The molecule has 0 aliphatic carbocycles. The highest BCUT2D eigenvalue weighted by Crippen LogP contribution is 2.37. The molecule has 0 radical (unpaired) electrons. The van der Waals surface area contributed by atoms with Crippen LogP contribution in [-0.4, -0.2) is 67.8 Å². The quantitative estimate of drug-likeness (QED) is 0.740. The summed E-state index contributed by atoms with van der Waals surface area (Å²) >= 11 is 0. The van der Waals surface area contributed by atoms with Crippen LogP contribution in [0.15, 0.2) is 0 Å². The molecule has 0 bridgehead atoms. The summed E-state index contributed by atoms with van der Waals surface area (Å²) in [6.45, 7) is 11.6. The standard InChI is InChI=1S/C16H35N3O/c1-6-9-19(11-10-18(4)5)16(14-17)8-12-20-15(3,7-2)13-16/h6-14,17H2,1-5H3. The summed E-state index contributed by atoms with van der Waals surface area (Å²) in [6.07, 6.45) is 4.36. The van der Waals surface area contributed by atoms with E-state index in [1.165, 1.54) is 6.42 Å². The van der Waals surface area contributed by atoms with Crippen LogP contribution in [0.5, 0.6) is 0 Å². The predicted molar refractivity (Wildman–Crippen MR) is 86.1 cm³/mol. The van der Waals surface area contributed by atoms with Gasteiger partial charge in [0.1, 0.15) is 0 Å². The highest BCUT2D eigenvalue weighted by atomic mass is 16.5. The number of hydrogen-bond donors (Lipinski definition) is 1. The maximum Gasteiger partial charge on any atom is 0.0670 e. The third-order valence-electron chi connectivity index (χ3n) is 4.83. The number of hydrogen-bond acceptors (Lipinski definition) is 4. The second-order valence-electron chi connectivity index (χ2n) is 6.80. The first-order chi connectivity index (χ1) is 9.41. The highest BCUT2D eigenvalue weighted by molar-refractivity contribution is 5.00. The van der Waals surface area contributed by atoms with Gasteiger partial charge in [0.05, 0.1) is 5.60 Å². The molecule has 0 aromatic carbocycles. The maximum atomic E-state index is 6.24. The van der Waals surface area contributed by atoms with E-state index in [1.807, 2.05) is 0 Å². The molecular weight excluding hydrogens is 250 g/mol. The van der Waals surface area contributed by atoms with Crippen molar-refractivity contribution in [1.82, 2.24) is 9.80 Å². The summed E-state index contributed by atoms with van der Waals surface area (Å²) in [5.74, 6) is 0. The Bertz CT molecular complexity index is 285. The summed E-state index contributed by atoms with van der Waals surface area (Å²) < 4.78 is 6.03. The lowest BCUT2D eigenvalue weighted by Crippen LogP contribution is -2.62. The molecule has 0 spiro atoms. The van der Waals surface area contributed by atoms with Gasteiger partial charge in [-0.05, 0) is 53.2 Å². The Morgan fingerprint density at radius 3 is 2.35 bits per heavy atom. The van der Waals surface area contributed by atoms with Gasteiger partial charge in [0.25, 0.3) is 0 Å². The first-order valence-corrected chi connectivity index (χ1v) is 8.15. The maximum absolute atomic E-state index is 6.24. The van der Waals surface area contributed by atoms with Crippen molar-refractivity contribution in [2.45, 2.75) is 57.6 Å². The summed E-state index contributed by atoms with van der Waals surface area (Å²) in [7, 11) is 4.28. The lowest BCUT2D eigenvalue weighted by Gasteiger charge is -2.52. The molecule has 1 aliphatic heterocycles. The molecule has 120 valence electrons. The molecule has 0 amide bonds. The first kappa shape index (κ1) is 17.9. The van der Waals surface area contributed by atoms with Gasteiger partial charge in [0.2, 0.25) is 0 Å². The molecule has 20 heavy (non-hydrogen) atoms. The van der Waals surface area contributed by atoms with E-state index in [9.17, 15) is 0 Å². The molecule has 1 rings (SSSR count). The normalized spacial score (nSPS) is 31.2. The average Bonchev–Trinajstić information content (AvgIpc) is 2.43. The number of rotatable bonds is 8. The second kappa shape index (κ2) is 7.74. The van der Waals surface area contributed by atoms with E-state index in [0.717, 1.165) is 52.0 Å². The van der Waals surface area contributed by atoms with E-state index >= 15 is 0 Å². The number of likely N-dealkylation sites (N-methyl/N-ethyl adjacent to an activating group) is 1. The molecule has 2 unspecified atom stereocenters. The van der Waals surface area contributed by atoms with Crippen molar-refractivity contribution in [2.75, 3.05) is 46.9 Å². The van der Waals surface area contributed by atoms with Crippen LogP contribution in [0, 0.1) is 0 Å². The Morgan fingerprint density at radius 1 is 1.15 bits per heavy atom. The van der Waals surface area contributed by atoms with Gasteiger partial charge >= 0.3 is 0 Å². The van der Waals surface area contributed by atoms with Gasteiger partial charge in [-0.1, -0.05) is 13.8 Å². The second-order valence-corrected chi connectivity index (χ2v) is 6.80. The van der Waals surface area contributed by atoms with Gasteiger partial charge in [-0.15, -0.1) is 0 Å². The molecule has 1 fully saturated rings. The lowest BCUT2D eigenvalue weighted by atomic mass is 9.77. The monoisotopic (exact) mass is 285 g/mol. The Hall–Kier alpha value is -0.160. The molecule has 0 aromatic rings. The molecular formula is C16H35N3O. The Kier molecular flexibility index (Phi) is 6.92. The van der Waals surface area contributed by atoms with Gasteiger partial charge < -0.3 is 15.4 Å². The zero-order chi connectivity index (χ0) is 15.2. The molecule has 4 heteroatoms. The van der Waals surface area contributed by atoms with Gasteiger partial charge in [0.15, 0.2) is 0 Å². The van der Waals surface area contributed by atoms with Crippen LogP contribution in [0.4, 0.5) is 0 Å². The Morgan fingerprint density at radius 2 is 1.85 bits per heavy atom. The van der Waals surface area contributed by atoms with E-state index < -0.39 is 0 Å². The smallest absolute Gasteiger partial charge is 0.0670 e. The van der Waals surface area contributed by atoms with Crippen molar-refractivity contribution < 1.29 is 4.74 Å².